The number of pyridine rings is 2. The molecule has 0 saturated carbocycles. The SMILES string of the molecule is Cc1c(Nc2c(C#N)cncc2C=Cc2ccc(CN3CCCN(C)CC3)cn2)ccc2[nH]ccc12. The summed E-state index contributed by atoms with van der Waals surface area (Å²) >= 11 is 0. The number of nitriles is 1. The molecule has 182 valence electrons. The van der Waals surface area contributed by atoms with Crippen LogP contribution >= 0.6 is 0 Å². The van der Waals surface area contributed by atoms with Crippen LogP contribution in [0.1, 0.15) is 34.4 Å². The van der Waals surface area contributed by atoms with Gasteiger partial charge in [-0.25, -0.2) is 0 Å². The van der Waals surface area contributed by atoms with Gasteiger partial charge in [0.25, 0.3) is 0 Å². The number of hydrogen-bond acceptors (Lipinski definition) is 6. The van der Waals surface area contributed by atoms with E-state index in [1.807, 2.05) is 36.7 Å². The van der Waals surface area contributed by atoms with Gasteiger partial charge < -0.3 is 15.2 Å². The van der Waals surface area contributed by atoms with E-state index in [2.05, 4.69) is 68.3 Å². The number of nitrogens with zero attached hydrogens (tertiary/aromatic N) is 5. The lowest BCUT2D eigenvalue weighted by Crippen LogP contribution is -2.28. The number of aromatic nitrogens is 3. The zero-order valence-electron chi connectivity index (χ0n) is 20.8. The molecular weight excluding hydrogens is 446 g/mol. The van der Waals surface area contributed by atoms with Gasteiger partial charge in [0.05, 0.1) is 16.9 Å². The van der Waals surface area contributed by atoms with Crippen molar-refractivity contribution in [2.75, 3.05) is 38.5 Å². The molecule has 7 heteroatoms. The second-order valence-electron chi connectivity index (χ2n) is 9.42. The predicted octanol–water partition coefficient (Wildman–Crippen LogP) is 5.19. The second-order valence-corrected chi connectivity index (χ2v) is 9.42. The van der Waals surface area contributed by atoms with Crippen molar-refractivity contribution in [3.05, 3.63) is 83.1 Å². The van der Waals surface area contributed by atoms with E-state index < -0.39 is 0 Å². The van der Waals surface area contributed by atoms with E-state index in [4.69, 9.17) is 0 Å². The highest BCUT2D eigenvalue weighted by Crippen LogP contribution is 2.31. The number of nitrogens with one attached hydrogen (secondary N) is 2. The molecule has 4 aromatic rings. The molecule has 7 nitrogen and oxygen atoms in total. The first-order valence-corrected chi connectivity index (χ1v) is 12.4. The Bertz CT molecular complexity index is 1410. The van der Waals surface area contributed by atoms with Crippen molar-refractivity contribution in [3.63, 3.8) is 0 Å². The van der Waals surface area contributed by atoms with Crippen LogP contribution in [0.4, 0.5) is 11.4 Å². The van der Waals surface area contributed by atoms with Crippen molar-refractivity contribution in [2.45, 2.75) is 19.9 Å². The Hall–Kier alpha value is -3.99. The maximum atomic E-state index is 9.73. The molecule has 4 heterocycles. The van der Waals surface area contributed by atoms with Crippen LogP contribution in [0.3, 0.4) is 0 Å². The molecule has 3 aromatic heterocycles. The van der Waals surface area contributed by atoms with Crippen molar-refractivity contribution in [1.29, 1.82) is 5.26 Å². The lowest BCUT2D eigenvalue weighted by atomic mass is 10.1. The van der Waals surface area contributed by atoms with E-state index in [0.29, 0.717) is 5.56 Å². The number of aromatic amines is 1. The quantitative estimate of drug-likeness (QED) is 0.398. The third-order valence-electron chi connectivity index (χ3n) is 6.86. The van der Waals surface area contributed by atoms with Crippen LogP contribution in [-0.4, -0.2) is 58.0 Å². The first kappa shape index (κ1) is 23.7. The number of H-pyrrole nitrogens is 1. The highest BCUT2D eigenvalue weighted by atomic mass is 15.2. The van der Waals surface area contributed by atoms with Gasteiger partial charge in [0.15, 0.2) is 0 Å². The third kappa shape index (κ3) is 5.30. The van der Waals surface area contributed by atoms with Crippen molar-refractivity contribution in [1.82, 2.24) is 24.8 Å². The zero-order valence-corrected chi connectivity index (χ0v) is 20.8. The number of benzene rings is 1. The van der Waals surface area contributed by atoms with Crippen LogP contribution in [0.15, 0.2) is 55.1 Å². The van der Waals surface area contributed by atoms with Crippen LogP contribution in [-0.2, 0) is 6.54 Å². The molecular formula is C29H31N7. The second kappa shape index (κ2) is 10.7. The van der Waals surface area contributed by atoms with E-state index in [1.165, 1.54) is 12.0 Å². The molecule has 0 spiro atoms. The molecule has 36 heavy (non-hydrogen) atoms. The molecule has 0 amide bonds. The van der Waals surface area contributed by atoms with Gasteiger partial charge in [0.1, 0.15) is 6.07 Å². The van der Waals surface area contributed by atoms with Crippen LogP contribution in [0, 0.1) is 18.3 Å². The largest absolute Gasteiger partial charge is 0.361 e. The summed E-state index contributed by atoms with van der Waals surface area (Å²) in [6, 6.07) is 12.6. The number of fused-ring (bicyclic) bond motifs is 1. The topological polar surface area (TPSA) is 83.9 Å². The summed E-state index contributed by atoms with van der Waals surface area (Å²) in [5.41, 5.74) is 7.34. The Balaban J connectivity index is 1.34. The highest BCUT2D eigenvalue weighted by molar-refractivity contribution is 5.90. The summed E-state index contributed by atoms with van der Waals surface area (Å²) in [5, 5.41) is 14.4. The van der Waals surface area contributed by atoms with Gasteiger partial charge in [0.2, 0.25) is 0 Å². The maximum absolute atomic E-state index is 9.73. The minimum absolute atomic E-state index is 0.497. The van der Waals surface area contributed by atoms with Crippen molar-refractivity contribution in [2.24, 2.45) is 0 Å². The Morgan fingerprint density at radius 1 is 1.06 bits per heavy atom. The van der Waals surface area contributed by atoms with Crippen LogP contribution in [0.2, 0.25) is 0 Å². The van der Waals surface area contributed by atoms with Gasteiger partial charge in [-0.2, -0.15) is 5.26 Å². The summed E-state index contributed by atoms with van der Waals surface area (Å²) in [6.45, 7) is 7.50. The maximum Gasteiger partial charge on any atom is 0.103 e. The minimum atomic E-state index is 0.497. The molecule has 1 aliphatic rings. The number of hydrogen-bond donors (Lipinski definition) is 2. The van der Waals surface area contributed by atoms with Crippen molar-refractivity contribution < 1.29 is 0 Å². The Morgan fingerprint density at radius 2 is 1.97 bits per heavy atom. The molecule has 5 rings (SSSR count). The van der Waals surface area contributed by atoms with Crippen LogP contribution in [0.5, 0.6) is 0 Å². The standard InChI is InChI=1S/C29H31N7/c1-21-26-10-11-32-28(26)9-8-27(21)34-29-23(18-31-19-24(29)16-30)5-7-25-6-4-22(17-33-25)20-36-13-3-12-35(2)14-15-36/h4-11,17-19,32H,3,12-15,20H2,1-2H3,(H,31,34). The molecule has 1 aromatic carbocycles. The van der Waals surface area contributed by atoms with E-state index >= 15 is 0 Å². The Labute approximate surface area is 212 Å². The molecule has 0 bridgehead atoms. The zero-order chi connectivity index (χ0) is 24.9. The minimum Gasteiger partial charge on any atom is -0.361 e. The van der Waals surface area contributed by atoms with Gasteiger partial charge in [-0.3, -0.25) is 14.9 Å². The molecule has 2 N–H and O–H groups in total. The number of anilines is 2. The third-order valence-corrected chi connectivity index (χ3v) is 6.86. The fourth-order valence-electron chi connectivity index (χ4n) is 4.70. The summed E-state index contributed by atoms with van der Waals surface area (Å²) < 4.78 is 0. The van der Waals surface area contributed by atoms with E-state index in [1.54, 1.807) is 12.4 Å². The lowest BCUT2D eigenvalue weighted by molar-refractivity contribution is 0.269. The number of rotatable bonds is 6. The molecule has 0 radical (unpaired) electrons. The number of aryl methyl sites for hydroxylation is 1. The molecule has 1 fully saturated rings. The Morgan fingerprint density at radius 3 is 2.81 bits per heavy atom. The van der Waals surface area contributed by atoms with Gasteiger partial charge in [-0.1, -0.05) is 6.07 Å². The molecule has 1 aliphatic heterocycles. The molecule has 1 saturated heterocycles. The molecule has 0 atom stereocenters. The first-order chi connectivity index (χ1) is 17.6. The van der Waals surface area contributed by atoms with Crippen molar-refractivity contribution in [3.8, 4) is 6.07 Å². The molecule has 0 aliphatic carbocycles. The van der Waals surface area contributed by atoms with Gasteiger partial charge in [-0.05, 0) is 81.0 Å². The van der Waals surface area contributed by atoms with Crippen LogP contribution in [0.25, 0.3) is 23.1 Å². The van der Waals surface area contributed by atoms with E-state index in [-0.39, 0.29) is 0 Å². The van der Waals surface area contributed by atoms with Crippen LogP contribution < -0.4 is 5.32 Å². The predicted molar refractivity (Wildman–Crippen MR) is 146 cm³/mol. The summed E-state index contributed by atoms with van der Waals surface area (Å²) in [4.78, 5) is 17.1. The normalized spacial score (nSPS) is 15.2. The Kier molecular flexibility index (Phi) is 7.08. The van der Waals surface area contributed by atoms with E-state index in [9.17, 15) is 5.26 Å². The van der Waals surface area contributed by atoms with Gasteiger partial charge in [0, 0.05) is 66.6 Å². The summed E-state index contributed by atoms with van der Waals surface area (Å²) in [7, 11) is 2.19. The molecule has 0 unspecified atom stereocenters. The van der Waals surface area contributed by atoms with Gasteiger partial charge in [-0.15, -0.1) is 0 Å². The van der Waals surface area contributed by atoms with E-state index in [0.717, 1.165) is 71.8 Å². The van der Waals surface area contributed by atoms with Gasteiger partial charge >= 0.3 is 0 Å². The first-order valence-electron chi connectivity index (χ1n) is 12.4. The fraction of sp³-hybridized carbons (Fsp3) is 0.276. The monoisotopic (exact) mass is 477 g/mol. The average Bonchev–Trinajstić information content (AvgIpc) is 3.29. The lowest BCUT2D eigenvalue weighted by Gasteiger charge is -2.19. The summed E-state index contributed by atoms with van der Waals surface area (Å²) in [5.74, 6) is 0. The van der Waals surface area contributed by atoms with Crippen molar-refractivity contribution >= 4 is 34.4 Å². The highest BCUT2D eigenvalue weighted by Gasteiger charge is 2.13. The summed E-state index contributed by atoms with van der Waals surface area (Å²) in [6.07, 6.45) is 12.4. The number of likely N-dealkylation sites (N-methyl/N-ethyl adjacent to an activating group) is 1. The smallest absolute Gasteiger partial charge is 0.103 e. The fourth-order valence-corrected chi connectivity index (χ4v) is 4.70. The average molecular weight is 478 g/mol.